The topological polar surface area (TPSA) is 96.7 Å². The Kier molecular flexibility index (Phi) is 8.15. The van der Waals surface area contributed by atoms with Crippen molar-refractivity contribution in [3.8, 4) is 23.0 Å². The van der Waals surface area contributed by atoms with E-state index in [0.717, 1.165) is 5.56 Å². The van der Waals surface area contributed by atoms with E-state index < -0.39 is 6.10 Å². The lowest BCUT2D eigenvalue weighted by Gasteiger charge is -2.26. The zero-order valence-electron chi connectivity index (χ0n) is 19.7. The third-order valence-corrected chi connectivity index (χ3v) is 6.34. The monoisotopic (exact) mass is 496 g/mol. The summed E-state index contributed by atoms with van der Waals surface area (Å²) in [5.74, 6) is 3.48. The molecule has 1 N–H and O–H groups in total. The quantitative estimate of drug-likeness (QED) is 0.319. The van der Waals surface area contributed by atoms with Gasteiger partial charge >= 0.3 is 0 Å². The molecule has 0 spiro atoms. The van der Waals surface area contributed by atoms with Crippen molar-refractivity contribution in [2.75, 3.05) is 33.1 Å². The first-order chi connectivity index (χ1) is 17.1. The van der Waals surface area contributed by atoms with Crippen molar-refractivity contribution < 1.29 is 23.7 Å². The van der Waals surface area contributed by atoms with Crippen molar-refractivity contribution in [3.63, 3.8) is 0 Å². The maximum Gasteiger partial charge on any atom is 0.230 e. The number of nitrogens with zero attached hydrogens (tertiary/aromatic N) is 3. The minimum absolute atomic E-state index is 0.0867. The van der Waals surface area contributed by atoms with E-state index in [1.807, 2.05) is 47.0 Å². The van der Waals surface area contributed by atoms with Crippen LogP contribution in [0.1, 0.15) is 17.5 Å². The van der Waals surface area contributed by atoms with Crippen molar-refractivity contribution in [3.05, 3.63) is 66.5 Å². The Morgan fingerprint density at radius 1 is 1.20 bits per heavy atom. The Labute approximate surface area is 208 Å². The largest absolute Gasteiger partial charge is 0.493 e. The number of hydrogen-bond acceptors (Lipinski definition) is 8. The Bertz CT molecular complexity index is 1180. The second kappa shape index (κ2) is 11.7. The number of nitrogens with one attached hydrogen (secondary N) is 1. The number of carbonyl (C=O) groups is 1. The molecule has 4 rings (SSSR count). The van der Waals surface area contributed by atoms with Crippen LogP contribution in [-0.2, 0) is 17.8 Å². The van der Waals surface area contributed by atoms with Gasteiger partial charge in [-0.1, -0.05) is 36.0 Å². The van der Waals surface area contributed by atoms with Crippen LogP contribution in [0.4, 0.5) is 0 Å². The lowest BCUT2D eigenvalue weighted by Crippen LogP contribution is -2.27. The van der Waals surface area contributed by atoms with E-state index >= 15 is 0 Å². The summed E-state index contributed by atoms with van der Waals surface area (Å²) in [6.07, 6.45) is 2.04. The number of allylic oxidation sites excluding steroid dienone is 1. The zero-order valence-corrected chi connectivity index (χ0v) is 20.5. The van der Waals surface area contributed by atoms with E-state index in [1.165, 1.54) is 11.8 Å². The molecule has 35 heavy (non-hydrogen) atoms. The normalized spacial score (nSPS) is 14.3. The summed E-state index contributed by atoms with van der Waals surface area (Å²) in [5.41, 5.74) is 1.04. The average molecular weight is 497 g/mol. The molecule has 0 saturated heterocycles. The van der Waals surface area contributed by atoms with Crippen molar-refractivity contribution in [1.82, 2.24) is 20.1 Å². The summed E-state index contributed by atoms with van der Waals surface area (Å²) in [5, 5.41) is 12.2. The molecule has 2 heterocycles. The summed E-state index contributed by atoms with van der Waals surface area (Å²) in [6.45, 7) is 5.16. The fraction of sp³-hybridized carbons (Fsp3) is 0.320. The first-order valence-electron chi connectivity index (χ1n) is 11.2. The highest BCUT2D eigenvalue weighted by Crippen LogP contribution is 2.36. The first kappa shape index (κ1) is 24.5. The molecule has 0 radical (unpaired) electrons. The Balaban J connectivity index is 1.32. The molecule has 1 amide bonds. The van der Waals surface area contributed by atoms with Crippen LogP contribution in [0.25, 0.3) is 0 Å². The average Bonchev–Trinajstić information content (AvgIpc) is 3.29. The lowest BCUT2D eigenvalue weighted by molar-refractivity contribution is -0.118. The highest BCUT2D eigenvalue weighted by Gasteiger charge is 2.28. The van der Waals surface area contributed by atoms with E-state index in [9.17, 15) is 4.79 Å². The lowest BCUT2D eigenvalue weighted by atomic mass is 10.1. The molecule has 184 valence electrons. The number of amides is 1. The maximum absolute atomic E-state index is 12.4. The summed E-state index contributed by atoms with van der Waals surface area (Å²) < 4.78 is 24.4. The van der Waals surface area contributed by atoms with Gasteiger partial charge in [0.1, 0.15) is 6.61 Å². The van der Waals surface area contributed by atoms with Gasteiger partial charge in [-0.05, 0) is 36.2 Å². The number of ether oxygens (including phenoxy) is 4. The van der Waals surface area contributed by atoms with Gasteiger partial charge in [0.2, 0.25) is 5.91 Å². The summed E-state index contributed by atoms with van der Waals surface area (Å²) >= 11 is 1.32. The number of thioether (sulfide) groups is 1. The molecule has 0 fully saturated rings. The van der Waals surface area contributed by atoms with Gasteiger partial charge in [-0.25, -0.2) is 0 Å². The predicted octanol–water partition coefficient (Wildman–Crippen LogP) is 3.44. The van der Waals surface area contributed by atoms with Gasteiger partial charge in [-0.3, -0.25) is 9.36 Å². The third kappa shape index (κ3) is 5.89. The Morgan fingerprint density at radius 3 is 2.77 bits per heavy atom. The number of methoxy groups -OCH3 is 2. The molecule has 1 aromatic heterocycles. The molecule has 9 nitrogen and oxygen atoms in total. The number of fused-ring (bicyclic) bond motifs is 1. The number of hydrogen-bond donors (Lipinski definition) is 1. The minimum atomic E-state index is -0.401. The SMILES string of the molecule is C=CCn1c(SCC(=O)NCCc2ccc(OC)c(OC)c2)nnc1C1COc2ccccc2O1. The predicted molar refractivity (Wildman–Crippen MR) is 133 cm³/mol. The number of aromatic nitrogens is 3. The van der Waals surface area contributed by atoms with Crippen LogP contribution < -0.4 is 24.3 Å². The fourth-order valence-corrected chi connectivity index (χ4v) is 4.44. The number of rotatable bonds is 11. The van der Waals surface area contributed by atoms with Crippen LogP contribution in [0.3, 0.4) is 0 Å². The fourth-order valence-electron chi connectivity index (χ4n) is 3.66. The van der Waals surface area contributed by atoms with E-state index in [-0.39, 0.29) is 11.7 Å². The van der Waals surface area contributed by atoms with Gasteiger partial charge in [0.05, 0.1) is 20.0 Å². The molecule has 1 atom stereocenters. The molecule has 2 aromatic carbocycles. The van der Waals surface area contributed by atoms with Crippen LogP contribution in [-0.4, -0.2) is 53.8 Å². The number of para-hydroxylation sites is 2. The highest BCUT2D eigenvalue weighted by molar-refractivity contribution is 7.99. The van der Waals surface area contributed by atoms with Gasteiger partial charge < -0.3 is 24.3 Å². The van der Waals surface area contributed by atoms with Crippen LogP contribution in [0, 0.1) is 0 Å². The molecule has 3 aromatic rings. The maximum atomic E-state index is 12.4. The number of carbonyl (C=O) groups excluding carboxylic acids is 1. The van der Waals surface area contributed by atoms with E-state index in [1.54, 1.807) is 20.3 Å². The van der Waals surface area contributed by atoms with Gasteiger partial charge in [-0.15, -0.1) is 16.8 Å². The molecule has 1 aliphatic heterocycles. The van der Waals surface area contributed by atoms with Gasteiger partial charge in [-0.2, -0.15) is 0 Å². The molecule has 0 aliphatic carbocycles. The van der Waals surface area contributed by atoms with Crippen LogP contribution in [0.15, 0.2) is 60.3 Å². The molecule has 0 saturated carbocycles. The summed E-state index contributed by atoms with van der Waals surface area (Å²) in [7, 11) is 3.20. The second-order valence-electron chi connectivity index (χ2n) is 7.68. The van der Waals surface area contributed by atoms with Gasteiger partial charge in [0.25, 0.3) is 0 Å². The molecular formula is C25H28N4O5S. The zero-order chi connectivity index (χ0) is 24.6. The smallest absolute Gasteiger partial charge is 0.230 e. The minimum Gasteiger partial charge on any atom is -0.493 e. The molecule has 1 unspecified atom stereocenters. The molecule has 10 heteroatoms. The van der Waals surface area contributed by atoms with Crippen molar-refractivity contribution in [2.24, 2.45) is 0 Å². The van der Waals surface area contributed by atoms with E-state index in [4.69, 9.17) is 18.9 Å². The summed E-state index contributed by atoms with van der Waals surface area (Å²) in [4.78, 5) is 12.4. The first-order valence-corrected chi connectivity index (χ1v) is 12.1. The van der Waals surface area contributed by atoms with Gasteiger partial charge in [0.15, 0.2) is 40.1 Å². The highest BCUT2D eigenvalue weighted by atomic mass is 32.2. The van der Waals surface area contributed by atoms with Gasteiger partial charge in [0, 0.05) is 13.1 Å². The van der Waals surface area contributed by atoms with E-state index in [0.29, 0.717) is 60.1 Å². The Hall–Kier alpha value is -3.66. The van der Waals surface area contributed by atoms with E-state index in [2.05, 4.69) is 22.1 Å². The van der Waals surface area contributed by atoms with Crippen molar-refractivity contribution >= 4 is 17.7 Å². The van der Waals surface area contributed by atoms with Crippen molar-refractivity contribution in [2.45, 2.75) is 24.2 Å². The third-order valence-electron chi connectivity index (χ3n) is 5.37. The Morgan fingerprint density at radius 2 is 2.00 bits per heavy atom. The molecule has 0 bridgehead atoms. The second-order valence-corrected chi connectivity index (χ2v) is 8.62. The molecule has 1 aliphatic rings. The standard InChI is InChI=1S/C25H28N4O5S/c1-4-13-29-24(22-15-33-19-7-5-6-8-20(19)34-22)27-28-25(29)35-16-23(30)26-12-11-17-9-10-18(31-2)21(14-17)32-3/h4-10,14,22H,1,11-13,15-16H2,2-3H3,(H,26,30). The van der Waals surface area contributed by atoms with Crippen LogP contribution in [0.5, 0.6) is 23.0 Å². The summed E-state index contributed by atoms with van der Waals surface area (Å²) in [6, 6.07) is 13.2. The van der Waals surface area contributed by atoms with Crippen LogP contribution in [0.2, 0.25) is 0 Å². The number of benzene rings is 2. The van der Waals surface area contributed by atoms with Crippen molar-refractivity contribution in [1.29, 1.82) is 0 Å². The van der Waals surface area contributed by atoms with Crippen LogP contribution >= 0.6 is 11.8 Å². The molecular weight excluding hydrogens is 468 g/mol.